The van der Waals surface area contributed by atoms with E-state index in [0.717, 1.165) is 36.1 Å². The van der Waals surface area contributed by atoms with Crippen molar-refractivity contribution in [3.8, 4) is 16.9 Å². The molecule has 0 fully saturated rings. The molecule has 0 unspecified atom stereocenters. The largest absolute Gasteiger partial charge is 0.497 e. The first-order valence-corrected chi connectivity index (χ1v) is 9.60. The number of hydrogen-bond acceptors (Lipinski definition) is 3. The van der Waals surface area contributed by atoms with Crippen LogP contribution in [-0.4, -0.2) is 24.0 Å². The van der Waals surface area contributed by atoms with Crippen LogP contribution in [0.2, 0.25) is 0 Å². The fraction of sp³-hybridized carbons (Fsp3) is 0.250. The Bertz CT molecular complexity index is 892. The third kappa shape index (κ3) is 5.43. The van der Waals surface area contributed by atoms with Gasteiger partial charge in [-0.2, -0.15) is 0 Å². The highest BCUT2D eigenvalue weighted by Gasteiger charge is 2.10. The summed E-state index contributed by atoms with van der Waals surface area (Å²) in [5.41, 5.74) is 4.02. The minimum atomic E-state index is -0.0360. The third-order valence-electron chi connectivity index (χ3n) is 4.75. The van der Waals surface area contributed by atoms with Crippen LogP contribution in [0.1, 0.15) is 35.7 Å². The summed E-state index contributed by atoms with van der Waals surface area (Å²) in [4.78, 5) is 16.6. The zero-order chi connectivity index (χ0) is 19.8. The van der Waals surface area contributed by atoms with Crippen molar-refractivity contribution in [3.63, 3.8) is 0 Å². The van der Waals surface area contributed by atoms with Gasteiger partial charge in [0.25, 0.3) is 5.91 Å². The third-order valence-corrected chi connectivity index (χ3v) is 4.75. The van der Waals surface area contributed by atoms with Crippen molar-refractivity contribution in [2.45, 2.75) is 32.2 Å². The molecule has 1 atom stereocenters. The van der Waals surface area contributed by atoms with Gasteiger partial charge in [0.15, 0.2) is 0 Å². The second kappa shape index (κ2) is 9.70. The van der Waals surface area contributed by atoms with E-state index in [0.29, 0.717) is 5.56 Å². The summed E-state index contributed by atoms with van der Waals surface area (Å²) in [7, 11) is 1.66. The topological polar surface area (TPSA) is 51.2 Å². The number of aromatic nitrogens is 1. The van der Waals surface area contributed by atoms with E-state index in [1.54, 1.807) is 13.3 Å². The number of benzene rings is 2. The molecule has 4 nitrogen and oxygen atoms in total. The maximum Gasteiger partial charge on any atom is 0.251 e. The van der Waals surface area contributed by atoms with Gasteiger partial charge in [0, 0.05) is 24.0 Å². The van der Waals surface area contributed by atoms with Crippen molar-refractivity contribution >= 4 is 5.91 Å². The predicted octanol–water partition coefficient (Wildman–Crippen LogP) is 4.90. The van der Waals surface area contributed by atoms with Crippen molar-refractivity contribution in [2.24, 2.45) is 0 Å². The first kappa shape index (κ1) is 19.6. The summed E-state index contributed by atoms with van der Waals surface area (Å²) in [5, 5.41) is 3.09. The Morgan fingerprint density at radius 1 is 1.07 bits per heavy atom. The van der Waals surface area contributed by atoms with Crippen LogP contribution in [0, 0.1) is 0 Å². The molecule has 0 aliphatic rings. The van der Waals surface area contributed by atoms with Gasteiger partial charge in [-0.3, -0.25) is 9.78 Å². The zero-order valence-corrected chi connectivity index (χ0v) is 16.4. The molecule has 0 radical (unpaired) electrons. The lowest BCUT2D eigenvalue weighted by atomic mass is 10.0. The van der Waals surface area contributed by atoms with Gasteiger partial charge in [-0.15, -0.1) is 0 Å². The number of nitrogens with zero attached hydrogens (tertiary/aromatic N) is 1. The molecule has 1 heterocycles. The summed E-state index contributed by atoms with van der Waals surface area (Å²) in [6.07, 6.45) is 6.60. The van der Waals surface area contributed by atoms with Crippen LogP contribution >= 0.6 is 0 Å². The van der Waals surface area contributed by atoms with Gasteiger partial charge in [0.2, 0.25) is 0 Å². The van der Waals surface area contributed by atoms with Gasteiger partial charge in [-0.1, -0.05) is 30.3 Å². The number of carbonyl (C=O) groups excluding carboxylic acids is 1. The lowest BCUT2D eigenvalue weighted by molar-refractivity contribution is 0.0938. The molecule has 0 aliphatic heterocycles. The minimum Gasteiger partial charge on any atom is -0.497 e. The first-order valence-electron chi connectivity index (χ1n) is 9.60. The van der Waals surface area contributed by atoms with E-state index in [2.05, 4.69) is 16.4 Å². The number of amides is 1. The Morgan fingerprint density at radius 2 is 1.89 bits per heavy atom. The van der Waals surface area contributed by atoms with Crippen LogP contribution in [0.5, 0.6) is 5.75 Å². The number of rotatable bonds is 8. The lowest BCUT2D eigenvalue weighted by Crippen LogP contribution is -2.32. The SMILES string of the molecule is COc1cccc(-c2ccc(C(=O)N[C@H](C)CCCc3cccnc3)cc2)c1. The first-order chi connectivity index (χ1) is 13.7. The van der Waals surface area contributed by atoms with E-state index >= 15 is 0 Å². The molecule has 28 heavy (non-hydrogen) atoms. The maximum absolute atomic E-state index is 12.5. The molecule has 144 valence electrons. The molecular formula is C24H26N2O2. The number of aryl methyl sites for hydroxylation is 1. The second-order valence-electron chi connectivity index (χ2n) is 6.94. The predicted molar refractivity (Wildman–Crippen MR) is 113 cm³/mol. The molecule has 3 aromatic rings. The van der Waals surface area contributed by atoms with E-state index in [-0.39, 0.29) is 11.9 Å². The van der Waals surface area contributed by atoms with Gasteiger partial charge < -0.3 is 10.1 Å². The van der Waals surface area contributed by atoms with E-state index in [1.807, 2.05) is 67.7 Å². The highest BCUT2D eigenvalue weighted by molar-refractivity contribution is 5.94. The van der Waals surface area contributed by atoms with Crippen LogP contribution in [-0.2, 0) is 6.42 Å². The lowest BCUT2D eigenvalue weighted by Gasteiger charge is -2.14. The fourth-order valence-corrected chi connectivity index (χ4v) is 3.15. The van der Waals surface area contributed by atoms with Crippen LogP contribution in [0.3, 0.4) is 0 Å². The quantitative estimate of drug-likeness (QED) is 0.610. The number of hydrogen-bond donors (Lipinski definition) is 1. The van der Waals surface area contributed by atoms with Crippen molar-refractivity contribution in [1.82, 2.24) is 10.3 Å². The van der Waals surface area contributed by atoms with E-state index in [4.69, 9.17) is 4.74 Å². The average molecular weight is 374 g/mol. The summed E-state index contributed by atoms with van der Waals surface area (Å²) >= 11 is 0. The average Bonchev–Trinajstić information content (AvgIpc) is 2.74. The van der Waals surface area contributed by atoms with E-state index in [9.17, 15) is 4.79 Å². The monoisotopic (exact) mass is 374 g/mol. The number of methoxy groups -OCH3 is 1. The molecule has 2 aromatic carbocycles. The van der Waals surface area contributed by atoms with Crippen molar-refractivity contribution in [1.29, 1.82) is 0 Å². The highest BCUT2D eigenvalue weighted by Crippen LogP contribution is 2.24. The molecule has 0 spiro atoms. The molecule has 0 saturated heterocycles. The molecule has 0 aliphatic carbocycles. The highest BCUT2D eigenvalue weighted by atomic mass is 16.5. The summed E-state index contributed by atoms with van der Waals surface area (Å²) in [6.45, 7) is 2.05. The van der Waals surface area contributed by atoms with Crippen molar-refractivity contribution in [3.05, 3.63) is 84.2 Å². The Morgan fingerprint density at radius 3 is 2.61 bits per heavy atom. The van der Waals surface area contributed by atoms with Gasteiger partial charge in [-0.25, -0.2) is 0 Å². The fourth-order valence-electron chi connectivity index (χ4n) is 3.15. The van der Waals surface area contributed by atoms with Crippen molar-refractivity contribution < 1.29 is 9.53 Å². The molecule has 4 heteroatoms. The Labute approximate surface area is 166 Å². The Hall–Kier alpha value is -3.14. The van der Waals surface area contributed by atoms with E-state index < -0.39 is 0 Å². The molecular weight excluding hydrogens is 348 g/mol. The Balaban J connectivity index is 1.52. The number of pyridine rings is 1. The zero-order valence-electron chi connectivity index (χ0n) is 16.4. The molecule has 0 bridgehead atoms. The molecule has 1 amide bonds. The number of ether oxygens (including phenoxy) is 1. The van der Waals surface area contributed by atoms with Gasteiger partial charge in [0.05, 0.1) is 7.11 Å². The van der Waals surface area contributed by atoms with Gasteiger partial charge >= 0.3 is 0 Å². The normalized spacial score (nSPS) is 11.6. The van der Waals surface area contributed by atoms with Gasteiger partial charge in [0.1, 0.15) is 5.75 Å². The molecule has 1 aromatic heterocycles. The molecule has 0 saturated carbocycles. The minimum absolute atomic E-state index is 0.0360. The summed E-state index contributed by atoms with van der Waals surface area (Å²) in [5.74, 6) is 0.783. The number of nitrogens with one attached hydrogen (secondary N) is 1. The van der Waals surface area contributed by atoms with Crippen molar-refractivity contribution in [2.75, 3.05) is 7.11 Å². The van der Waals surface area contributed by atoms with Crippen LogP contribution in [0.15, 0.2) is 73.1 Å². The Kier molecular flexibility index (Phi) is 6.79. The smallest absolute Gasteiger partial charge is 0.251 e. The van der Waals surface area contributed by atoms with Crippen LogP contribution in [0.4, 0.5) is 0 Å². The standard InChI is InChI=1S/C24H26N2O2/c1-18(6-3-7-19-8-5-15-25-17-19)26-24(27)21-13-11-20(12-14-21)22-9-4-10-23(16-22)28-2/h4-5,8-18H,3,6-7H2,1-2H3,(H,26,27)/t18-/m1/s1. The van der Waals surface area contributed by atoms with Gasteiger partial charge in [-0.05, 0) is 73.2 Å². The second-order valence-corrected chi connectivity index (χ2v) is 6.94. The number of carbonyl (C=O) groups is 1. The summed E-state index contributed by atoms with van der Waals surface area (Å²) in [6, 6.07) is 19.7. The molecule has 3 rings (SSSR count). The maximum atomic E-state index is 12.5. The van der Waals surface area contributed by atoms with Crippen LogP contribution < -0.4 is 10.1 Å². The van der Waals surface area contributed by atoms with Crippen LogP contribution in [0.25, 0.3) is 11.1 Å². The van der Waals surface area contributed by atoms with E-state index in [1.165, 1.54) is 5.56 Å². The summed E-state index contributed by atoms with van der Waals surface area (Å²) < 4.78 is 5.27. The molecule has 1 N–H and O–H groups in total.